The fourth-order valence-corrected chi connectivity index (χ4v) is 2.78. The Balaban J connectivity index is 2.59. The molecule has 21 heavy (non-hydrogen) atoms. The van der Waals surface area contributed by atoms with Crippen molar-refractivity contribution in [1.29, 1.82) is 0 Å². The summed E-state index contributed by atoms with van der Waals surface area (Å²) in [5, 5.41) is 0. The van der Waals surface area contributed by atoms with Crippen molar-refractivity contribution in [2.24, 2.45) is 11.7 Å². The molecule has 1 atom stereocenters. The van der Waals surface area contributed by atoms with Crippen LogP contribution >= 0.6 is 0 Å². The van der Waals surface area contributed by atoms with Crippen LogP contribution < -0.4 is 5.73 Å². The number of hydrogen-bond acceptors (Lipinski definition) is 4. The van der Waals surface area contributed by atoms with Gasteiger partial charge in [0, 0.05) is 32.2 Å². The van der Waals surface area contributed by atoms with Crippen molar-refractivity contribution in [1.82, 2.24) is 9.80 Å². The molecule has 1 unspecified atom stereocenters. The first-order chi connectivity index (χ1) is 9.73. The Hall–Kier alpha value is -0.810. The van der Waals surface area contributed by atoms with E-state index in [1.54, 1.807) is 0 Å². The van der Waals surface area contributed by atoms with Crippen molar-refractivity contribution < 1.29 is 9.53 Å². The van der Waals surface area contributed by atoms with Crippen LogP contribution in [-0.2, 0) is 4.74 Å². The Morgan fingerprint density at radius 1 is 1.43 bits per heavy atom. The number of nitrogens with two attached hydrogens (primary N) is 1. The van der Waals surface area contributed by atoms with Gasteiger partial charge in [-0.25, -0.2) is 4.79 Å². The molecule has 0 aliphatic carbocycles. The summed E-state index contributed by atoms with van der Waals surface area (Å²) in [6.07, 6.45) is 2.16. The minimum absolute atomic E-state index is 0.157. The molecule has 0 saturated carbocycles. The summed E-state index contributed by atoms with van der Waals surface area (Å²) in [5.74, 6) is 0.514. The maximum absolute atomic E-state index is 12.4. The van der Waals surface area contributed by atoms with Gasteiger partial charge in [-0.1, -0.05) is 0 Å². The maximum Gasteiger partial charge on any atom is 0.410 e. The molecular weight excluding hydrogens is 266 g/mol. The highest BCUT2D eigenvalue weighted by atomic mass is 16.6. The van der Waals surface area contributed by atoms with Gasteiger partial charge in [0.05, 0.1) is 0 Å². The van der Waals surface area contributed by atoms with E-state index in [1.807, 2.05) is 39.5 Å². The highest BCUT2D eigenvalue weighted by molar-refractivity contribution is 5.68. The molecule has 124 valence electrons. The zero-order valence-corrected chi connectivity index (χ0v) is 14.4. The first kappa shape index (κ1) is 18.2. The molecule has 1 amide bonds. The largest absolute Gasteiger partial charge is 0.444 e. The Labute approximate surface area is 129 Å². The predicted octanol–water partition coefficient (Wildman–Crippen LogP) is 2.30. The van der Waals surface area contributed by atoms with Gasteiger partial charge in [-0.3, -0.25) is 0 Å². The van der Waals surface area contributed by atoms with E-state index < -0.39 is 5.60 Å². The molecule has 0 aromatic carbocycles. The number of rotatable bonds is 5. The first-order valence-corrected chi connectivity index (χ1v) is 8.15. The molecule has 1 aliphatic rings. The van der Waals surface area contributed by atoms with E-state index in [1.165, 1.54) is 12.8 Å². The molecule has 0 radical (unpaired) electrons. The van der Waals surface area contributed by atoms with E-state index in [0.717, 1.165) is 26.2 Å². The van der Waals surface area contributed by atoms with Crippen LogP contribution in [0.2, 0.25) is 0 Å². The van der Waals surface area contributed by atoms with Crippen LogP contribution in [0.4, 0.5) is 4.79 Å². The number of hydrogen-bond donors (Lipinski definition) is 1. The highest BCUT2D eigenvalue weighted by Crippen LogP contribution is 2.20. The summed E-state index contributed by atoms with van der Waals surface area (Å²) in [5.41, 5.74) is 5.20. The van der Waals surface area contributed by atoms with Gasteiger partial charge in [0.2, 0.25) is 0 Å². The summed E-state index contributed by atoms with van der Waals surface area (Å²) in [7, 11) is 0. The standard InChI is InChI=1S/C16H33N3O2/c1-13(2)19(15(20)21-16(3,4)5)12-14-7-6-9-18(11-14)10-8-17/h13-14H,6-12,17H2,1-5H3. The molecule has 1 aliphatic heterocycles. The third-order valence-corrected chi connectivity index (χ3v) is 3.75. The van der Waals surface area contributed by atoms with E-state index >= 15 is 0 Å². The fraction of sp³-hybridized carbons (Fsp3) is 0.938. The smallest absolute Gasteiger partial charge is 0.410 e. The Bertz CT molecular complexity index is 324. The number of nitrogens with zero attached hydrogens (tertiary/aromatic N) is 2. The van der Waals surface area contributed by atoms with Crippen molar-refractivity contribution in [2.45, 2.75) is 59.1 Å². The first-order valence-electron chi connectivity index (χ1n) is 8.15. The van der Waals surface area contributed by atoms with Crippen LogP contribution in [0.15, 0.2) is 0 Å². The molecule has 0 aromatic heterocycles. The quantitative estimate of drug-likeness (QED) is 0.846. The lowest BCUT2D eigenvalue weighted by molar-refractivity contribution is 0.0121. The van der Waals surface area contributed by atoms with Crippen LogP contribution in [0.3, 0.4) is 0 Å². The second-order valence-electron chi connectivity index (χ2n) is 7.32. The van der Waals surface area contributed by atoms with Crippen molar-refractivity contribution in [3.05, 3.63) is 0 Å². The summed E-state index contributed by atoms with van der Waals surface area (Å²) in [6.45, 7) is 14.4. The van der Waals surface area contributed by atoms with Crippen molar-refractivity contribution in [2.75, 3.05) is 32.7 Å². The third-order valence-electron chi connectivity index (χ3n) is 3.75. The molecule has 2 N–H and O–H groups in total. The Morgan fingerprint density at radius 2 is 2.10 bits per heavy atom. The molecule has 0 bridgehead atoms. The summed E-state index contributed by atoms with van der Waals surface area (Å²) in [6, 6.07) is 0.157. The van der Waals surface area contributed by atoms with Crippen LogP contribution in [-0.4, -0.2) is 60.3 Å². The molecule has 0 aromatic rings. The van der Waals surface area contributed by atoms with Gasteiger partial charge in [0.25, 0.3) is 0 Å². The number of amides is 1. The van der Waals surface area contributed by atoms with Crippen LogP contribution in [0, 0.1) is 5.92 Å². The Kier molecular flexibility index (Phi) is 6.94. The topological polar surface area (TPSA) is 58.8 Å². The van der Waals surface area contributed by atoms with E-state index in [9.17, 15) is 4.79 Å². The van der Waals surface area contributed by atoms with Crippen molar-refractivity contribution in [3.8, 4) is 0 Å². The van der Waals surface area contributed by atoms with Crippen LogP contribution in [0.1, 0.15) is 47.5 Å². The molecule has 1 rings (SSSR count). The predicted molar refractivity (Wildman–Crippen MR) is 86.3 cm³/mol. The number of carbonyl (C=O) groups excluding carboxylic acids is 1. The molecule has 5 heteroatoms. The van der Waals surface area contributed by atoms with E-state index in [2.05, 4.69) is 4.90 Å². The zero-order valence-electron chi connectivity index (χ0n) is 14.4. The summed E-state index contributed by atoms with van der Waals surface area (Å²) in [4.78, 5) is 16.6. The number of ether oxygens (including phenoxy) is 1. The second kappa shape index (κ2) is 7.99. The average Bonchev–Trinajstić information content (AvgIpc) is 2.34. The normalized spacial score (nSPS) is 20.6. The summed E-state index contributed by atoms with van der Waals surface area (Å²) >= 11 is 0. The number of piperidine rings is 1. The van der Waals surface area contributed by atoms with Crippen molar-refractivity contribution >= 4 is 6.09 Å². The van der Waals surface area contributed by atoms with E-state index in [-0.39, 0.29) is 12.1 Å². The highest BCUT2D eigenvalue weighted by Gasteiger charge is 2.28. The van der Waals surface area contributed by atoms with Crippen molar-refractivity contribution in [3.63, 3.8) is 0 Å². The molecule has 0 spiro atoms. The zero-order chi connectivity index (χ0) is 16.0. The van der Waals surface area contributed by atoms with Gasteiger partial charge in [-0.05, 0) is 59.9 Å². The lowest BCUT2D eigenvalue weighted by atomic mass is 9.97. The van der Waals surface area contributed by atoms with Crippen LogP contribution in [0.5, 0.6) is 0 Å². The van der Waals surface area contributed by atoms with Crippen LogP contribution in [0.25, 0.3) is 0 Å². The minimum atomic E-state index is -0.442. The van der Waals surface area contributed by atoms with Gasteiger partial charge >= 0.3 is 6.09 Å². The van der Waals surface area contributed by atoms with Gasteiger partial charge in [-0.15, -0.1) is 0 Å². The monoisotopic (exact) mass is 299 g/mol. The van der Waals surface area contributed by atoms with E-state index in [4.69, 9.17) is 10.5 Å². The van der Waals surface area contributed by atoms with Gasteiger partial charge in [-0.2, -0.15) is 0 Å². The molecular formula is C16H33N3O2. The average molecular weight is 299 g/mol. The maximum atomic E-state index is 12.4. The molecule has 1 heterocycles. The lowest BCUT2D eigenvalue weighted by Gasteiger charge is -2.37. The van der Waals surface area contributed by atoms with E-state index in [0.29, 0.717) is 12.5 Å². The minimum Gasteiger partial charge on any atom is -0.444 e. The Morgan fingerprint density at radius 3 is 2.62 bits per heavy atom. The second-order valence-corrected chi connectivity index (χ2v) is 7.32. The number of carbonyl (C=O) groups is 1. The van der Waals surface area contributed by atoms with Gasteiger partial charge in [0.15, 0.2) is 0 Å². The van der Waals surface area contributed by atoms with Gasteiger partial charge in [0.1, 0.15) is 5.60 Å². The lowest BCUT2D eigenvalue weighted by Crippen LogP contribution is -2.47. The SMILES string of the molecule is CC(C)N(CC1CCCN(CCN)C1)C(=O)OC(C)(C)C. The third kappa shape index (κ3) is 6.66. The summed E-state index contributed by atoms with van der Waals surface area (Å²) < 4.78 is 5.53. The molecule has 1 saturated heterocycles. The molecule has 1 fully saturated rings. The van der Waals surface area contributed by atoms with Gasteiger partial charge < -0.3 is 20.3 Å². The molecule has 5 nitrogen and oxygen atoms in total. The fourth-order valence-electron chi connectivity index (χ4n) is 2.78. The number of likely N-dealkylation sites (tertiary alicyclic amines) is 1.